The zero-order chi connectivity index (χ0) is 15.7. The van der Waals surface area contributed by atoms with Crippen LogP contribution in [0.25, 0.3) is 11.5 Å². The van der Waals surface area contributed by atoms with Gasteiger partial charge in [-0.2, -0.15) is 10.1 Å². The zero-order valence-corrected chi connectivity index (χ0v) is 13.7. The first-order chi connectivity index (χ1) is 10.5. The van der Waals surface area contributed by atoms with E-state index in [1.54, 1.807) is 0 Å². The van der Waals surface area contributed by atoms with E-state index in [4.69, 9.17) is 10.3 Å². The number of aromatic nitrogens is 4. The monoisotopic (exact) mass is 303 g/mol. The van der Waals surface area contributed by atoms with Gasteiger partial charge in [0.15, 0.2) is 5.82 Å². The first kappa shape index (κ1) is 15.2. The van der Waals surface area contributed by atoms with Gasteiger partial charge < -0.3 is 10.3 Å². The van der Waals surface area contributed by atoms with Crippen molar-refractivity contribution in [1.82, 2.24) is 19.9 Å². The first-order valence-electron chi connectivity index (χ1n) is 8.21. The summed E-state index contributed by atoms with van der Waals surface area (Å²) in [6.45, 7) is 7.49. The van der Waals surface area contributed by atoms with Gasteiger partial charge in [0.05, 0.1) is 23.0 Å². The van der Waals surface area contributed by atoms with Crippen molar-refractivity contribution in [3.8, 4) is 11.5 Å². The van der Waals surface area contributed by atoms with Gasteiger partial charge in [-0.15, -0.1) is 0 Å². The normalized spacial score (nSPS) is 17.0. The van der Waals surface area contributed by atoms with Crippen molar-refractivity contribution in [3.63, 3.8) is 0 Å². The van der Waals surface area contributed by atoms with Crippen LogP contribution in [0.3, 0.4) is 0 Å². The fraction of sp³-hybridized carbons (Fsp3) is 0.688. The summed E-state index contributed by atoms with van der Waals surface area (Å²) in [5, 5.41) is 8.60. The summed E-state index contributed by atoms with van der Waals surface area (Å²) in [6.07, 6.45) is 6.82. The molecule has 0 aromatic carbocycles. The minimum atomic E-state index is -0.387. The minimum Gasteiger partial charge on any atom is -0.334 e. The molecule has 2 aromatic heterocycles. The third-order valence-corrected chi connectivity index (χ3v) is 4.55. The number of nitrogens with two attached hydrogens (primary N) is 1. The average Bonchev–Trinajstić information content (AvgIpc) is 3.08. The van der Waals surface area contributed by atoms with Gasteiger partial charge in [0.2, 0.25) is 0 Å². The molecule has 0 unspecified atom stereocenters. The molecule has 2 N–H and O–H groups in total. The molecule has 120 valence electrons. The van der Waals surface area contributed by atoms with Crippen molar-refractivity contribution in [3.05, 3.63) is 17.7 Å². The fourth-order valence-electron chi connectivity index (χ4n) is 2.85. The number of nitrogens with zero attached hydrogens (tertiary/aromatic N) is 4. The lowest BCUT2D eigenvalue weighted by molar-refractivity contribution is 0.229. The van der Waals surface area contributed by atoms with Gasteiger partial charge in [-0.05, 0) is 38.0 Å². The van der Waals surface area contributed by atoms with Crippen molar-refractivity contribution in [2.75, 3.05) is 0 Å². The van der Waals surface area contributed by atoms with Gasteiger partial charge in [-0.1, -0.05) is 25.9 Å². The van der Waals surface area contributed by atoms with E-state index in [9.17, 15) is 0 Å². The summed E-state index contributed by atoms with van der Waals surface area (Å²) < 4.78 is 7.52. The lowest BCUT2D eigenvalue weighted by Crippen LogP contribution is -2.44. The zero-order valence-electron chi connectivity index (χ0n) is 13.7. The molecule has 6 nitrogen and oxygen atoms in total. The van der Waals surface area contributed by atoms with E-state index in [1.165, 1.54) is 0 Å². The van der Waals surface area contributed by atoms with Gasteiger partial charge in [0.1, 0.15) is 0 Å². The molecule has 0 radical (unpaired) electrons. The van der Waals surface area contributed by atoms with Crippen molar-refractivity contribution < 1.29 is 4.52 Å². The van der Waals surface area contributed by atoms with Crippen LogP contribution in [0.4, 0.5) is 0 Å². The third kappa shape index (κ3) is 2.67. The number of hydrogen-bond acceptors (Lipinski definition) is 5. The maximum atomic E-state index is 6.27. The molecule has 2 aromatic rings. The Morgan fingerprint density at radius 1 is 1.41 bits per heavy atom. The van der Waals surface area contributed by atoms with Gasteiger partial charge in [-0.25, -0.2) is 0 Å². The molecule has 1 fully saturated rings. The topological polar surface area (TPSA) is 82.8 Å². The highest BCUT2D eigenvalue weighted by molar-refractivity contribution is 5.55. The van der Waals surface area contributed by atoms with Gasteiger partial charge in [0.25, 0.3) is 5.89 Å². The van der Waals surface area contributed by atoms with E-state index < -0.39 is 0 Å². The van der Waals surface area contributed by atoms with Gasteiger partial charge in [0, 0.05) is 6.54 Å². The molecule has 0 saturated heterocycles. The molecular formula is C16H25N5O. The Bertz CT molecular complexity index is 639. The van der Waals surface area contributed by atoms with Crippen LogP contribution in [0.15, 0.2) is 10.7 Å². The Balaban J connectivity index is 1.85. The second-order valence-corrected chi connectivity index (χ2v) is 6.70. The summed E-state index contributed by atoms with van der Waals surface area (Å²) >= 11 is 0. The maximum absolute atomic E-state index is 6.27. The fourth-order valence-corrected chi connectivity index (χ4v) is 2.85. The number of hydrogen-bond donors (Lipinski definition) is 1. The Labute approximate surface area is 131 Å². The predicted molar refractivity (Wildman–Crippen MR) is 84.1 cm³/mol. The molecule has 1 saturated carbocycles. The van der Waals surface area contributed by atoms with E-state index in [-0.39, 0.29) is 5.54 Å². The van der Waals surface area contributed by atoms with Crippen LogP contribution in [0.1, 0.15) is 58.0 Å². The van der Waals surface area contributed by atoms with Gasteiger partial charge >= 0.3 is 0 Å². The highest BCUT2D eigenvalue weighted by Crippen LogP contribution is 2.37. The molecule has 3 rings (SSSR count). The molecule has 1 aliphatic rings. The molecule has 6 heteroatoms. The summed E-state index contributed by atoms with van der Waals surface area (Å²) in [5.74, 6) is 1.83. The van der Waals surface area contributed by atoms with E-state index in [2.05, 4.69) is 40.7 Å². The minimum absolute atomic E-state index is 0.387. The molecule has 0 spiro atoms. The maximum Gasteiger partial charge on any atom is 0.261 e. The van der Waals surface area contributed by atoms with Crippen molar-refractivity contribution in [2.45, 2.75) is 65.0 Å². The Hall–Kier alpha value is -1.69. The SMILES string of the molecule is CCc1c(-c2nc(C3(N)CCC3)no2)cnn1CCC(C)C. The quantitative estimate of drug-likeness (QED) is 0.887. The van der Waals surface area contributed by atoms with Crippen LogP contribution in [0.5, 0.6) is 0 Å². The van der Waals surface area contributed by atoms with E-state index >= 15 is 0 Å². The summed E-state index contributed by atoms with van der Waals surface area (Å²) in [4.78, 5) is 4.54. The van der Waals surface area contributed by atoms with E-state index in [0.717, 1.165) is 49.9 Å². The van der Waals surface area contributed by atoms with Crippen LogP contribution in [0, 0.1) is 5.92 Å². The highest BCUT2D eigenvalue weighted by Gasteiger charge is 2.39. The van der Waals surface area contributed by atoms with Crippen molar-refractivity contribution >= 4 is 0 Å². The highest BCUT2D eigenvalue weighted by atomic mass is 16.5. The Morgan fingerprint density at radius 2 is 2.18 bits per heavy atom. The van der Waals surface area contributed by atoms with E-state index in [0.29, 0.717) is 17.6 Å². The largest absolute Gasteiger partial charge is 0.334 e. The second-order valence-electron chi connectivity index (χ2n) is 6.70. The summed E-state index contributed by atoms with van der Waals surface area (Å²) in [5.41, 5.74) is 7.97. The van der Waals surface area contributed by atoms with Crippen LogP contribution in [0.2, 0.25) is 0 Å². The molecule has 0 aliphatic heterocycles. The molecule has 1 aliphatic carbocycles. The summed E-state index contributed by atoms with van der Waals surface area (Å²) in [6, 6.07) is 0. The predicted octanol–water partition coefficient (Wildman–Crippen LogP) is 2.88. The summed E-state index contributed by atoms with van der Waals surface area (Å²) in [7, 11) is 0. The second kappa shape index (κ2) is 5.83. The van der Waals surface area contributed by atoms with Crippen LogP contribution in [-0.4, -0.2) is 19.9 Å². The van der Waals surface area contributed by atoms with Crippen LogP contribution in [-0.2, 0) is 18.5 Å². The van der Waals surface area contributed by atoms with Crippen molar-refractivity contribution in [2.24, 2.45) is 11.7 Å². The number of aryl methyl sites for hydroxylation is 1. The lowest BCUT2D eigenvalue weighted by atomic mass is 9.77. The average molecular weight is 303 g/mol. The van der Waals surface area contributed by atoms with Gasteiger partial charge in [-0.3, -0.25) is 4.68 Å². The molecular weight excluding hydrogens is 278 g/mol. The lowest BCUT2D eigenvalue weighted by Gasteiger charge is -2.34. The molecule has 0 bridgehead atoms. The third-order valence-electron chi connectivity index (χ3n) is 4.55. The van der Waals surface area contributed by atoms with Crippen LogP contribution < -0.4 is 5.73 Å². The molecule has 0 amide bonds. The first-order valence-corrected chi connectivity index (χ1v) is 8.21. The number of rotatable bonds is 6. The molecule has 0 atom stereocenters. The Kier molecular flexibility index (Phi) is 4.04. The Morgan fingerprint density at radius 3 is 2.77 bits per heavy atom. The smallest absolute Gasteiger partial charge is 0.261 e. The molecule has 22 heavy (non-hydrogen) atoms. The van der Waals surface area contributed by atoms with Crippen molar-refractivity contribution in [1.29, 1.82) is 0 Å². The standard InChI is InChI=1S/C16H25N5O/c1-4-13-12(10-18-21(13)9-6-11(2)3)14-19-15(20-22-14)16(17)7-5-8-16/h10-11H,4-9,17H2,1-3H3. The molecule has 2 heterocycles. The van der Waals surface area contributed by atoms with E-state index in [1.807, 2.05) is 6.20 Å². The van der Waals surface area contributed by atoms with Crippen LogP contribution >= 0.6 is 0 Å².